The number of morpholine rings is 1. The van der Waals surface area contributed by atoms with Crippen LogP contribution in [0.5, 0.6) is 0 Å². The van der Waals surface area contributed by atoms with Gasteiger partial charge in [0, 0.05) is 19.6 Å². The summed E-state index contributed by atoms with van der Waals surface area (Å²) in [6.07, 6.45) is 0.168. The Morgan fingerprint density at radius 2 is 1.61 bits per heavy atom. The Kier molecular flexibility index (Phi) is 7.56. The fraction of sp³-hybridized carbons (Fsp3) is 0.368. The molecule has 3 rings (SSSR count). The lowest BCUT2D eigenvalue weighted by molar-refractivity contribution is -0.0741. The maximum absolute atomic E-state index is 5.82. The minimum atomic E-state index is 0. The molecule has 1 aliphatic rings. The van der Waals surface area contributed by atoms with Crippen LogP contribution in [0, 0.1) is 0 Å². The molecular formula is C19H24ClNO2. The molecule has 0 N–H and O–H groups in total. The van der Waals surface area contributed by atoms with Crippen LogP contribution in [0.4, 0.5) is 0 Å². The zero-order valence-corrected chi connectivity index (χ0v) is 14.1. The van der Waals surface area contributed by atoms with E-state index in [2.05, 4.69) is 47.4 Å². The van der Waals surface area contributed by atoms with Crippen molar-refractivity contribution in [3.05, 3.63) is 71.8 Å². The van der Waals surface area contributed by atoms with Gasteiger partial charge in [-0.2, -0.15) is 0 Å². The van der Waals surface area contributed by atoms with E-state index in [9.17, 15) is 0 Å². The van der Waals surface area contributed by atoms with Crippen molar-refractivity contribution in [2.75, 3.05) is 26.3 Å². The Bertz CT molecular complexity index is 550. The van der Waals surface area contributed by atoms with Gasteiger partial charge in [-0.1, -0.05) is 60.7 Å². The highest BCUT2D eigenvalue weighted by Gasteiger charge is 2.20. The summed E-state index contributed by atoms with van der Waals surface area (Å²) in [5.74, 6) is 0. The van der Waals surface area contributed by atoms with E-state index in [1.807, 2.05) is 18.2 Å². The first kappa shape index (κ1) is 18.0. The highest BCUT2D eigenvalue weighted by atomic mass is 35.5. The second kappa shape index (κ2) is 9.68. The topological polar surface area (TPSA) is 21.7 Å². The Hall–Kier alpha value is -1.39. The van der Waals surface area contributed by atoms with Gasteiger partial charge in [-0.15, -0.1) is 12.4 Å². The van der Waals surface area contributed by atoms with Gasteiger partial charge in [0.2, 0.25) is 0 Å². The summed E-state index contributed by atoms with van der Waals surface area (Å²) >= 11 is 0. The van der Waals surface area contributed by atoms with Gasteiger partial charge in [0.25, 0.3) is 0 Å². The highest BCUT2D eigenvalue weighted by molar-refractivity contribution is 5.85. The molecule has 0 radical (unpaired) electrons. The summed E-state index contributed by atoms with van der Waals surface area (Å²) in [6, 6.07) is 20.9. The Morgan fingerprint density at radius 1 is 0.957 bits per heavy atom. The lowest BCUT2D eigenvalue weighted by Gasteiger charge is -2.32. The van der Waals surface area contributed by atoms with E-state index in [1.54, 1.807) is 0 Å². The Labute approximate surface area is 144 Å². The molecule has 124 valence electrons. The van der Waals surface area contributed by atoms with Crippen molar-refractivity contribution in [1.29, 1.82) is 0 Å². The van der Waals surface area contributed by atoms with Gasteiger partial charge < -0.3 is 9.47 Å². The number of nitrogens with zero attached hydrogens (tertiary/aromatic N) is 1. The molecule has 4 heteroatoms. The third-order valence-electron chi connectivity index (χ3n) is 3.89. The Morgan fingerprint density at radius 3 is 2.30 bits per heavy atom. The van der Waals surface area contributed by atoms with E-state index in [-0.39, 0.29) is 18.5 Å². The van der Waals surface area contributed by atoms with Crippen LogP contribution in [-0.2, 0) is 22.6 Å². The van der Waals surface area contributed by atoms with Gasteiger partial charge in [0.1, 0.15) is 0 Å². The first-order valence-corrected chi connectivity index (χ1v) is 7.90. The predicted octanol–water partition coefficient (Wildman–Crippen LogP) is 3.53. The second-order valence-electron chi connectivity index (χ2n) is 5.71. The first-order valence-electron chi connectivity index (χ1n) is 7.90. The van der Waals surface area contributed by atoms with Crippen molar-refractivity contribution >= 4 is 12.4 Å². The van der Waals surface area contributed by atoms with E-state index >= 15 is 0 Å². The van der Waals surface area contributed by atoms with Gasteiger partial charge in [0.05, 0.1) is 25.9 Å². The molecule has 0 unspecified atom stereocenters. The zero-order valence-electron chi connectivity index (χ0n) is 13.3. The molecular weight excluding hydrogens is 310 g/mol. The predicted molar refractivity (Wildman–Crippen MR) is 94.8 cm³/mol. The van der Waals surface area contributed by atoms with Crippen molar-refractivity contribution < 1.29 is 9.47 Å². The monoisotopic (exact) mass is 333 g/mol. The largest absolute Gasteiger partial charge is 0.374 e. The Balaban J connectivity index is 0.00000192. The van der Waals surface area contributed by atoms with E-state index in [1.165, 1.54) is 11.1 Å². The molecule has 2 aromatic carbocycles. The molecule has 2 aromatic rings. The molecule has 1 fully saturated rings. The molecule has 23 heavy (non-hydrogen) atoms. The van der Waals surface area contributed by atoms with E-state index in [0.29, 0.717) is 13.2 Å². The minimum Gasteiger partial charge on any atom is -0.374 e. The average Bonchev–Trinajstić information content (AvgIpc) is 2.57. The van der Waals surface area contributed by atoms with E-state index in [0.717, 1.165) is 26.2 Å². The summed E-state index contributed by atoms with van der Waals surface area (Å²) in [4.78, 5) is 2.44. The lowest BCUT2D eigenvalue weighted by Crippen LogP contribution is -2.43. The molecule has 0 aliphatic carbocycles. The molecule has 0 aromatic heterocycles. The first-order chi connectivity index (χ1) is 10.9. The molecule has 0 spiro atoms. The maximum atomic E-state index is 5.82. The highest BCUT2D eigenvalue weighted by Crippen LogP contribution is 2.11. The van der Waals surface area contributed by atoms with Crippen molar-refractivity contribution in [1.82, 2.24) is 4.90 Å². The summed E-state index contributed by atoms with van der Waals surface area (Å²) in [5, 5.41) is 0. The summed E-state index contributed by atoms with van der Waals surface area (Å²) in [6.45, 7) is 5.00. The minimum absolute atomic E-state index is 0. The van der Waals surface area contributed by atoms with Crippen LogP contribution in [0.1, 0.15) is 11.1 Å². The van der Waals surface area contributed by atoms with Crippen LogP contribution >= 0.6 is 12.4 Å². The molecule has 0 saturated carbocycles. The van der Waals surface area contributed by atoms with Crippen molar-refractivity contribution in [3.8, 4) is 0 Å². The fourth-order valence-corrected chi connectivity index (χ4v) is 2.75. The van der Waals surface area contributed by atoms with Crippen molar-refractivity contribution in [2.45, 2.75) is 19.3 Å². The fourth-order valence-electron chi connectivity index (χ4n) is 2.75. The average molecular weight is 334 g/mol. The lowest BCUT2D eigenvalue weighted by atomic mass is 10.2. The molecule has 0 bridgehead atoms. The van der Waals surface area contributed by atoms with Gasteiger partial charge in [-0.05, 0) is 11.1 Å². The van der Waals surface area contributed by atoms with Crippen molar-refractivity contribution in [2.24, 2.45) is 0 Å². The summed E-state index contributed by atoms with van der Waals surface area (Å²) < 4.78 is 11.6. The van der Waals surface area contributed by atoms with Gasteiger partial charge in [-0.3, -0.25) is 4.90 Å². The number of halogens is 1. The maximum Gasteiger partial charge on any atom is 0.0935 e. The summed E-state index contributed by atoms with van der Waals surface area (Å²) in [5.41, 5.74) is 2.56. The van der Waals surface area contributed by atoms with Crippen LogP contribution in [-0.4, -0.2) is 37.3 Å². The van der Waals surface area contributed by atoms with Crippen LogP contribution in [0.2, 0.25) is 0 Å². The van der Waals surface area contributed by atoms with E-state index in [4.69, 9.17) is 9.47 Å². The van der Waals surface area contributed by atoms with Gasteiger partial charge >= 0.3 is 0 Å². The molecule has 1 atom stereocenters. The number of hydrogen-bond donors (Lipinski definition) is 0. The van der Waals surface area contributed by atoms with Gasteiger partial charge in [0.15, 0.2) is 0 Å². The molecule has 0 amide bonds. The van der Waals surface area contributed by atoms with Crippen molar-refractivity contribution in [3.63, 3.8) is 0 Å². The number of rotatable bonds is 6. The smallest absolute Gasteiger partial charge is 0.0935 e. The third kappa shape index (κ3) is 5.96. The molecule has 3 nitrogen and oxygen atoms in total. The quantitative estimate of drug-likeness (QED) is 0.807. The number of hydrogen-bond acceptors (Lipinski definition) is 3. The number of benzene rings is 2. The normalized spacial score (nSPS) is 18.3. The SMILES string of the molecule is Cl.c1ccc(COC[C@@H]2CN(Cc3ccccc3)CCO2)cc1. The van der Waals surface area contributed by atoms with Gasteiger partial charge in [-0.25, -0.2) is 0 Å². The van der Waals surface area contributed by atoms with Crippen LogP contribution in [0.25, 0.3) is 0 Å². The van der Waals surface area contributed by atoms with Crippen LogP contribution < -0.4 is 0 Å². The van der Waals surface area contributed by atoms with Crippen LogP contribution in [0.3, 0.4) is 0 Å². The third-order valence-corrected chi connectivity index (χ3v) is 3.89. The zero-order chi connectivity index (χ0) is 15.0. The molecule has 1 aliphatic heterocycles. The van der Waals surface area contributed by atoms with Crippen LogP contribution in [0.15, 0.2) is 60.7 Å². The molecule has 1 heterocycles. The molecule has 1 saturated heterocycles. The van der Waals surface area contributed by atoms with E-state index < -0.39 is 0 Å². The summed E-state index contributed by atoms with van der Waals surface area (Å²) in [7, 11) is 0. The second-order valence-corrected chi connectivity index (χ2v) is 5.71. The number of ether oxygens (including phenoxy) is 2. The standard InChI is InChI=1S/C19H23NO2.ClH/c1-3-7-17(8-4-1)13-20-11-12-22-19(14-20)16-21-15-18-9-5-2-6-10-18;/h1-10,19H,11-16H2;1H/t19-;/m0./s1.